The fourth-order valence-electron chi connectivity index (χ4n) is 3.68. The molecule has 3 aromatic carbocycles. The second-order valence-electron chi connectivity index (χ2n) is 8.30. The van der Waals surface area contributed by atoms with Crippen molar-refractivity contribution in [1.82, 2.24) is 4.90 Å². The van der Waals surface area contributed by atoms with Crippen molar-refractivity contribution >= 4 is 39.2 Å². The van der Waals surface area contributed by atoms with Gasteiger partial charge in [0.05, 0.1) is 35.8 Å². The van der Waals surface area contributed by atoms with Crippen LogP contribution < -0.4 is 19.7 Å². The first kappa shape index (κ1) is 28.1. The molecule has 2 N–H and O–H groups in total. The van der Waals surface area contributed by atoms with Gasteiger partial charge in [-0.25, -0.2) is 8.42 Å². The average molecular weight is 576 g/mol. The van der Waals surface area contributed by atoms with Crippen molar-refractivity contribution < 1.29 is 27.8 Å². The van der Waals surface area contributed by atoms with Gasteiger partial charge in [0.25, 0.3) is 15.1 Å². The summed E-state index contributed by atoms with van der Waals surface area (Å²) in [5.74, 6) is 0.386. The highest BCUT2D eigenvalue weighted by Gasteiger charge is 2.21. The van der Waals surface area contributed by atoms with Gasteiger partial charge >= 0.3 is 0 Å². The van der Waals surface area contributed by atoms with Gasteiger partial charge in [-0.2, -0.15) is 5.10 Å². The maximum absolute atomic E-state index is 13.2. The maximum atomic E-state index is 13.2. The fourth-order valence-corrected chi connectivity index (χ4v) is 5.17. The number of nitrogens with one attached hydrogen (secondary N) is 2. The summed E-state index contributed by atoms with van der Waals surface area (Å²) in [7, 11) is -4.25. The molecule has 39 heavy (non-hydrogen) atoms. The van der Waals surface area contributed by atoms with E-state index in [0.29, 0.717) is 17.9 Å². The summed E-state index contributed by atoms with van der Waals surface area (Å²) >= 11 is 6.10. The number of nitrogens with zero attached hydrogens (tertiary/aromatic N) is 3. The minimum atomic E-state index is -4.25. The third-order valence-electron chi connectivity index (χ3n) is 5.58. The van der Waals surface area contributed by atoms with E-state index >= 15 is 0 Å². The van der Waals surface area contributed by atoms with Crippen molar-refractivity contribution in [2.24, 2.45) is 5.10 Å². The van der Waals surface area contributed by atoms with Gasteiger partial charge in [-0.15, -0.1) is 10.1 Å². The molecule has 206 valence electrons. The summed E-state index contributed by atoms with van der Waals surface area (Å²) in [4.78, 5) is 17.2. The quantitative estimate of drug-likeness (QED) is 0.187. The Balaban J connectivity index is 1.47. The third kappa shape index (κ3) is 8.29. The molecule has 0 aliphatic carbocycles. The molecule has 12 nitrogen and oxygen atoms in total. The molecule has 0 spiro atoms. The van der Waals surface area contributed by atoms with Crippen LogP contribution in [0.1, 0.15) is 5.56 Å². The zero-order valence-corrected chi connectivity index (χ0v) is 22.2. The summed E-state index contributed by atoms with van der Waals surface area (Å²) in [5, 5.41) is 14.1. The van der Waals surface area contributed by atoms with Crippen molar-refractivity contribution in [3.63, 3.8) is 0 Å². The molecule has 0 saturated carbocycles. The Bertz CT molecular complexity index is 1430. The van der Waals surface area contributed by atoms with E-state index in [9.17, 15) is 18.5 Å². The molecule has 0 aromatic heterocycles. The van der Waals surface area contributed by atoms with E-state index in [1.807, 2.05) is 18.2 Å². The van der Waals surface area contributed by atoms with Gasteiger partial charge in [-0.1, -0.05) is 35.9 Å². The van der Waals surface area contributed by atoms with Crippen LogP contribution in [0.15, 0.2) is 76.7 Å². The Morgan fingerprint density at radius 1 is 1.05 bits per heavy atom. The van der Waals surface area contributed by atoms with E-state index in [1.54, 1.807) is 18.2 Å². The third-order valence-corrected chi connectivity index (χ3v) is 7.31. The molecule has 1 fully saturated rings. The monoisotopic (exact) mass is 575 g/mol. The molecular weight excluding hydrogens is 550 g/mol. The maximum Gasteiger partial charge on any atom is 0.299 e. The first-order valence-electron chi connectivity index (χ1n) is 11.9. The van der Waals surface area contributed by atoms with E-state index in [-0.39, 0.29) is 27.0 Å². The normalized spacial score (nSPS) is 14.2. The van der Waals surface area contributed by atoms with Gasteiger partial charge in [0.2, 0.25) is 0 Å². The highest BCUT2D eigenvalue weighted by atomic mass is 35.5. The molecule has 0 unspecified atom stereocenters. The zero-order chi connectivity index (χ0) is 27.7. The van der Waals surface area contributed by atoms with Crippen LogP contribution >= 0.6 is 11.6 Å². The Morgan fingerprint density at radius 2 is 1.85 bits per heavy atom. The van der Waals surface area contributed by atoms with Gasteiger partial charge < -0.3 is 9.47 Å². The van der Waals surface area contributed by atoms with Crippen LogP contribution in [-0.4, -0.2) is 64.1 Å². The van der Waals surface area contributed by atoms with E-state index in [2.05, 4.69) is 25.0 Å². The lowest BCUT2D eigenvalue weighted by Gasteiger charge is -2.26. The number of morpholine rings is 1. The zero-order valence-electron chi connectivity index (χ0n) is 20.7. The number of hydrogen-bond acceptors (Lipinski definition) is 10. The minimum absolute atomic E-state index is 0.0550. The van der Waals surface area contributed by atoms with Crippen LogP contribution in [-0.2, 0) is 14.8 Å². The lowest BCUT2D eigenvalue weighted by molar-refractivity contribution is -0.711. The summed E-state index contributed by atoms with van der Waals surface area (Å²) < 4.78 is 40.0. The van der Waals surface area contributed by atoms with E-state index < -0.39 is 15.1 Å². The SMILES string of the molecule is O=[N+]([O-])Oc1ccc(N/N=C/c2cccc(OCCN3CCOCC3)c2)c(S(=O)(=O)Nc2ccccc2Cl)c1. The lowest BCUT2D eigenvalue weighted by Crippen LogP contribution is -2.38. The highest BCUT2D eigenvalue weighted by Crippen LogP contribution is 2.30. The van der Waals surface area contributed by atoms with Gasteiger partial charge in [0, 0.05) is 19.6 Å². The number of para-hydroxylation sites is 1. The van der Waals surface area contributed by atoms with Crippen LogP contribution in [0.3, 0.4) is 0 Å². The summed E-state index contributed by atoms with van der Waals surface area (Å²) in [6.45, 7) is 4.53. The fraction of sp³-hybridized carbons (Fsp3) is 0.240. The molecule has 4 rings (SSSR count). The van der Waals surface area contributed by atoms with Gasteiger partial charge in [0.15, 0.2) is 0 Å². The van der Waals surface area contributed by atoms with Crippen molar-refractivity contribution in [3.05, 3.63) is 87.4 Å². The molecule has 1 saturated heterocycles. The number of benzene rings is 3. The molecular formula is C25H26ClN5O7S. The van der Waals surface area contributed by atoms with E-state index in [1.165, 1.54) is 30.5 Å². The van der Waals surface area contributed by atoms with Gasteiger partial charge in [-0.05, 0) is 48.0 Å². The molecule has 0 radical (unpaired) electrons. The van der Waals surface area contributed by atoms with Crippen LogP contribution in [0.5, 0.6) is 11.5 Å². The predicted molar refractivity (Wildman–Crippen MR) is 147 cm³/mol. The Labute approximate surface area is 230 Å². The van der Waals surface area contributed by atoms with Gasteiger partial charge in [0.1, 0.15) is 23.0 Å². The van der Waals surface area contributed by atoms with Crippen molar-refractivity contribution in [1.29, 1.82) is 0 Å². The largest absolute Gasteiger partial charge is 0.492 e. The summed E-state index contributed by atoms with van der Waals surface area (Å²) in [5.41, 5.74) is 3.59. The topological polar surface area (TPSA) is 145 Å². The lowest BCUT2D eigenvalue weighted by atomic mass is 10.2. The molecule has 1 heterocycles. The van der Waals surface area contributed by atoms with E-state index in [0.717, 1.165) is 38.9 Å². The smallest absolute Gasteiger partial charge is 0.299 e. The van der Waals surface area contributed by atoms with Crippen molar-refractivity contribution in [3.8, 4) is 11.5 Å². The second-order valence-corrected chi connectivity index (χ2v) is 10.4. The number of sulfonamides is 1. The number of anilines is 2. The first-order chi connectivity index (χ1) is 18.8. The first-order valence-corrected chi connectivity index (χ1v) is 13.7. The van der Waals surface area contributed by atoms with Crippen LogP contribution in [0.4, 0.5) is 11.4 Å². The Hall–Kier alpha value is -3.91. The molecule has 0 amide bonds. The van der Waals surface area contributed by atoms with Gasteiger partial charge in [-0.3, -0.25) is 19.9 Å². The molecule has 0 atom stereocenters. The van der Waals surface area contributed by atoms with E-state index in [4.69, 9.17) is 21.1 Å². The van der Waals surface area contributed by atoms with Crippen molar-refractivity contribution in [2.45, 2.75) is 4.90 Å². The number of ether oxygens (including phenoxy) is 2. The molecule has 1 aliphatic rings. The Kier molecular flexibility index (Phi) is 9.54. The molecule has 3 aromatic rings. The standard InChI is InChI=1S/C25H26ClN5O7S/c26-22-6-1-2-7-23(22)29-39(34,35)25-17-21(38-31(32)33)8-9-24(25)28-27-18-19-4-3-5-20(16-19)37-15-12-30-10-13-36-14-11-30/h1-9,16-18,28-29H,10-15H2/b27-18+. The average Bonchev–Trinajstić information content (AvgIpc) is 2.91. The summed E-state index contributed by atoms with van der Waals surface area (Å²) in [6.07, 6.45) is 1.49. The van der Waals surface area contributed by atoms with Crippen LogP contribution in [0.2, 0.25) is 5.02 Å². The highest BCUT2D eigenvalue weighted by molar-refractivity contribution is 7.93. The number of halogens is 1. The number of rotatable bonds is 12. The van der Waals surface area contributed by atoms with Crippen LogP contribution in [0, 0.1) is 10.1 Å². The summed E-state index contributed by atoms with van der Waals surface area (Å²) in [6, 6.07) is 17.1. The second kappa shape index (κ2) is 13.2. The number of hydrogen-bond donors (Lipinski definition) is 2. The molecule has 14 heteroatoms. The molecule has 1 aliphatic heterocycles. The minimum Gasteiger partial charge on any atom is -0.492 e. The van der Waals surface area contributed by atoms with Crippen molar-refractivity contribution in [2.75, 3.05) is 49.6 Å². The predicted octanol–water partition coefficient (Wildman–Crippen LogP) is 3.87. The van der Waals surface area contributed by atoms with Crippen LogP contribution in [0.25, 0.3) is 0 Å². The molecule has 0 bridgehead atoms. The number of hydrazone groups is 1. The Morgan fingerprint density at radius 3 is 2.62 bits per heavy atom.